The van der Waals surface area contributed by atoms with Crippen LogP contribution in [0.4, 0.5) is 5.82 Å². The third kappa shape index (κ3) is 7.07. The molecule has 3 nitrogen and oxygen atoms in total. The third-order valence-corrected chi connectivity index (χ3v) is 1.95. The smallest absolute Gasteiger partial charge is 0.139 e. The van der Waals surface area contributed by atoms with Crippen LogP contribution in [0.2, 0.25) is 0 Å². The number of fused-ring (bicyclic) bond motifs is 1. The first-order valence-corrected chi connectivity index (χ1v) is 7.57. The van der Waals surface area contributed by atoms with Crippen molar-refractivity contribution in [2.75, 3.05) is 19.0 Å². The van der Waals surface area contributed by atoms with Gasteiger partial charge in [0.2, 0.25) is 0 Å². The zero-order valence-electron chi connectivity index (χ0n) is 14.4. The molecule has 0 unspecified atom stereocenters. The number of nitrogens with zero attached hydrogens (tertiary/aromatic N) is 3. The Kier molecular flexibility index (Phi) is 14.2. The summed E-state index contributed by atoms with van der Waals surface area (Å²) in [6, 6.07) is 8.00. The summed E-state index contributed by atoms with van der Waals surface area (Å²) >= 11 is 0. The predicted molar refractivity (Wildman–Crippen MR) is 92.5 cm³/mol. The second kappa shape index (κ2) is 13.8. The average molecular weight is 277 g/mol. The van der Waals surface area contributed by atoms with E-state index in [-0.39, 0.29) is 0 Å². The van der Waals surface area contributed by atoms with Crippen LogP contribution < -0.4 is 4.90 Å². The Morgan fingerprint density at radius 3 is 1.90 bits per heavy atom. The van der Waals surface area contributed by atoms with E-state index in [1.165, 1.54) is 6.42 Å². The summed E-state index contributed by atoms with van der Waals surface area (Å²) in [6.07, 6.45) is 2.84. The van der Waals surface area contributed by atoms with Gasteiger partial charge < -0.3 is 4.90 Å². The highest BCUT2D eigenvalue weighted by Gasteiger charge is 2.02. The van der Waals surface area contributed by atoms with Crippen LogP contribution in [-0.2, 0) is 0 Å². The minimum absolute atomic E-state index is 0.964. The Labute approximate surface area is 125 Å². The van der Waals surface area contributed by atoms with Crippen LogP contribution >= 0.6 is 0 Å². The summed E-state index contributed by atoms with van der Waals surface area (Å²) in [4.78, 5) is 10.4. The van der Waals surface area contributed by atoms with Gasteiger partial charge in [-0.05, 0) is 12.1 Å². The average Bonchev–Trinajstić information content (AvgIpc) is 2.51. The molecular weight excluding hydrogens is 246 g/mol. The molecule has 114 valence electrons. The number of aromatic nitrogens is 2. The quantitative estimate of drug-likeness (QED) is 0.720. The fraction of sp³-hybridized carbons (Fsp3) is 0.529. The Morgan fingerprint density at radius 1 is 0.900 bits per heavy atom. The van der Waals surface area contributed by atoms with Gasteiger partial charge in [0.15, 0.2) is 0 Å². The van der Waals surface area contributed by atoms with Crippen LogP contribution in [0.3, 0.4) is 0 Å². The number of benzene rings is 1. The van der Waals surface area contributed by atoms with E-state index in [0.717, 1.165) is 16.7 Å². The summed E-state index contributed by atoms with van der Waals surface area (Å²) in [5.41, 5.74) is 0.987. The van der Waals surface area contributed by atoms with E-state index in [4.69, 9.17) is 0 Å². The molecule has 3 heteroatoms. The van der Waals surface area contributed by atoms with Gasteiger partial charge in [0, 0.05) is 19.5 Å². The van der Waals surface area contributed by atoms with Crippen LogP contribution in [-0.4, -0.2) is 24.1 Å². The molecule has 0 amide bonds. The van der Waals surface area contributed by atoms with Crippen molar-refractivity contribution in [2.24, 2.45) is 0 Å². The number of hydrogen-bond donors (Lipinski definition) is 0. The van der Waals surface area contributed by atoms with Gasteiger partial charge in [-0.2, -0.15) is 0 Å². The first-order chi connectivity index (χ1) is 9.70. The van der Waals surface area contributed by atoms with Crippen molar-refractivity contribution in [2.45, 2.75) is 48.0 Å². The van der Waals surface area contributed by atoms with Crippen molar-refractivity contribution in [3.63, 3.8) is 0 Å². The topological polar surface area (TPSA) is 29.0 Å². The second-order valence-corrected chi connectivity index (χ2v) is 3.82. The molecule has 0 aliphatic carbocycles. The SMILES string of the molecule is CC.CC.CCC.CN(C)c1ncnc2ccccc12. The maximum atomic E-state index is 4.22. The van der Waals surface area contributed by atoms with Gasteiger partial charge in [0.1, 0.15) is 12.1 Å². The molecule has 1 aromatic heterocycles. The molecule has 0 atom stereocenters. The van der Waals surface area contributed by atoms with E-state index in [9.17, 15) is 0 Å². The summed E-state index contributed by atoms with van der Waals surface area (Å²) in [5.74, 6) is 0.964. The standard InChI is InChI=1S/C10H11N3.C3H8.2C2H6/c1-13(2)10-8-5-3-4-6-9(8)11-7-12-10;1-3-2;2*1-2/h3-7H,1-2H3;3H2,1-2H3;2*1-2H3. The highest BCUT2D eigenvalue weighted by atomic mass is 15.1. The summed E-state index contributed by atoms with van der Waals surface area (Å²) in [6.45, 7) is 12.2. The van der Waals surface area contributed by atoms with E-state index in [0.29, 0.717) is 0 Å². The van der Waals surface area contributed by atoms with E-state index in [2.05, 4.69) is 23.8 Å². The normalized spacial score (nSPS) is 8.20. The minimum atomic E-state index is 0.964. The molecule has 0 aliphatic heterocycles. The molecule has 0 saturated carbocycles. The molecule has 2 aromatic rings. The molecule has 0 bridgehead atoms. The zero-order valence-corrected chi connectivity index (χ0v) is 14.4. The van der Waals surface area contributed by atoms with Gasteiger partial charge >= 0.3 is 0 Å². The highest BCUT2D eigenvalue weighted by Crippen LogP contribution is 2.19. The maximum absolute atomic E-state index is 4.22. The Balaban J connectivity index is 0. The molecule has 0 aliphatic rings. The van der Waals surface area contributed by atoms with E-state index < -0.39 is 0 Å². The van der Waals surface area contributed by atoms with Crippen molar-refractivity contribution < 1.29 is 0 Å². The van der Waals surface area contributed by atoms with Crippen LogP contribution in [0.1, 0.15) is 48.0 Å². The lowest BCUT2D eigenvalue weighted by Gasteiger charge is -2.12. The molecule has 0 spiro atoms. The summed E-state index contributed by atoms with van der Waals surface area (Å²) in [5, 5.41) is 1.09. The highest BCUT2D eigenvalue weighted by molar-refractivity contribution is 5.88. The lowest BCUT2D eigenvalue weighted by molar-refractivity contribution is 1.06. The number of hydrogen-bond acceptors (Lipinski definition) is 3. The molecule has 0 fully saturated rings. The van der Waals surface area contributed by atoms with E-state index in [1.807, 2.05) is 71.0 Å². The van der Waals surface area contributed by atoms with Gasteiger partial charge in [-0.1, -0.05) is 60.1 Å². The molecule has 1 aromatic carbocycles. The largest absolute Gasteiger partial charge is 0.362 e. The lowest BCUT2D eigenvalue weighted by atomic mass is 10.2. The van der Waals surface area contributed by atoms with Crippen molar-refractivity contribution >= 4 is 16.7 Å². The Hall–Kier alpha value is -1.64. The fourth-order valence-electron chi connectivity index (χ4n) is 1.35. The number of anilines is 1. The molecular formula is C17H31N3. The van der Waals surface area contributed by atoms with Gasteiger partial charge in [-0.15, -0.1) is 0 Å². The summed E-state index contributed by atoms with van der Waals surface area (Å²) in [7, 11) is 3.96. The first-order valence-electron chi connectivity index (χ1n) is 7.57. The van der Waals surface area contributed by atoms with Crippen molar-refractivity contribution in [3.05, 3.63) is 30.6 Å². The molecule has 0 saturated heterocycles. The Morgan fingerprint density at radius 2 is 1.40 bits per heavy atom. The zero-order chi connectivity index (χ0) is 16.0. The first kappa shape index (κ1) is 20.7. The number of rotatable bonds is 1. The molecule has 20 heavy (non-hydrogen) atoms. The number of para-hydroxylation sites is 1. The van der Waals surface area contributed by atoms with Crippen LogP contribution in [0.15, 0.2) is 30.6 Å². The second-order valence-electron chi connectivity index (χ2n) is 3.82. The van der Waals surface area contributed by atoms with Crippen LogP contribution in [0.5, 0.6) is 0 Å². The van der Waals surface area contributed by atoms with Gasteiger partial charge in [-0.3, -0.25) is 0 Å². The third-order valence-electron chi connectivity index (χ3n) is 1.95. The molecule has 0 N–H and O–H groups in total. The minimum Gasteiger partial charge on any atom is -0.362 e. The van der Waals surface area contributed by atoms with Crippen LogP contribution in [0, 0.1) is 0 Å². The maximum Gasteiger partial charge on any atom is 0.139 e. The lowest BCUT2D eigenvalue weighted by Crippen LogP contribution is -2.11. The molecule has 2 rings (SSSR count). The Bertz CT molecular complexity index is 434. The van der Waals surface area contributed by atoms with Gasteiger partial charge in [0.25, 0.3) is 0 Å². The fourth-order valence-corrected chi connectivity index (χ4v) is 1.35. The van der Waals surface area contributed by atoms with Gasteiger partial charge in [-0.25, -0.2) is 9.97 Å². The van der Waals surface area contributed by atoms with Gasteiger partial charge in [0.05, 0.1) is 5.52 Å². The monoisotopic (exact) mass is 277 g/mol. The molecule has 0 radical (unpaired) electrons. The molecule has 1 heterocycles. The van der Waals surface area contributed by atoms with E-state index >= 15 is 0 Å². The van der Waals surface area contributed by atoms with Crippen LogP contribution in [0.25, 0.3) is 10.9 Å². The summed E-state index contributed by atoms with van der Waals surface area (Å²) < 4.78 is 0. The van der Waals surface area contributed by atoms with Crippen molar-refractivity contribution in [3.8, 4) is 0 Å². The van der Waals surface area contributed by atoms with Crippen molar-refractivity contribution in [1.82, 2.24) is 9.97 Å². The van der Waals surface area contributed by atoms with Crippen molar-refractivity contribution in [1.29, 1.82) is 0 Å². The predicted octanol–water partition coefficient (Wildman–Crippen LogP) is 5.16. The van der Waals surface area contributed by atoms with E-state index in [1.54, 1.807) is 6.33 Å².